The highest BCUT2D eigenvalue weighted by Gasteiger charge is 2.44. The zero-order valence-corrected chi connectivity index (χ0v) is 19.7. The third kappa shape index (κ3) is 5.66. The topological polar surface area (TPSA) is 81.2 Å². The molecule has 3 aromatic rings. The van der Waals surface area contributed by atoms with E-state index in [-0.39, 0.29) is 29.4 Å². The molecule has 3 heterocycles. The van der Waals surface area contributed by atoms with E-state index in [9.17, 15) is 31.3 Å². The lowest BCUT2D eigenvalue weighted by Crippen LogP contribution is -2.48. The molecule has 0 bridgehead atoms. The molecule has 0 saturated carbocycles. The average molecular weight is 525 g/mol. The van der Waals surface area contributed by atoms with Crippen molar-refractivity contribution in [1.29, 1.82) is 0 Å². The third-order valence-corrected chi connectivity index (χ3v) is 7.50. The molecule has 12 heteroatoms. The smallest absolute Gasteiger partial charge is 0.433 e. The Morgan fingerprint density at radius 1 is 1.11 bits per heavy atom. The van der Waals surface area contributed by atoms with Crippen molar-refractivity contribution in [3.63, 3.8) is 0 Å². The van der Waals surface area contributed by atoms with Crippen molar-refractivity contribution in [1.82, 2.24) is 19.6 Å². The van der Waals surface area contributed by atoms with Gasteiger partial charge < -0.3 is 9.87 Å². The van der Waals surface area contributed by atoms with Crippen molar-refractivity contribution in [2.75, 3.05) is 0 Å². The minimum absolute atomic E-state index is 0.0102. The number of carbonyl (C=O) groups excluding carboxylic acids is 1. The molecule has 0 radical (unpaired) electrons. The van der Waals surface area contributed by atoms with Crippen LogP contribution in [0.1, 0.15) is 31.2 Å². The summed E-state index contributed by atoms with van der Waals surface area (Å²) in [4.78, 5) is 20.6. The summed E-state index contributed by atoms with van der Waals surface area (Å²) >= 11 is -1.68. The first-order valence-electron chi connectivity index (χ1n) is 11.0. The lowest BCUT2D eigenvalue weighted by atomic mass is 10.1. The molecule has 36 heavy (non-hydrogen) atoms. The summed E-state index contributed by atoms with van der Waals surface area (Å²) < 4.78 is 80.5. The Morgan fingerprint density at radius 3 is 2.47 bits per heavy atom. The number of halogens is 5. The van der Waals surface area contributed by atoms with Gasteiger partial charge in [0, 0.05) is 17.3 Å². The van der Waals surface area contributed by atoms with Gasteiger partial charge in [-0.05, 0) is 56.2 Å². The van der Waals surface area contributed by atoms with Crippen LogP contribution in [0.4, 0.5) is 22.0 Å². The van der Waals surface area contributed by atoms with E-state index < -0.39 is 46.8 Å². The number of hydrogen-bond acceptors (Lipinski definition) is 5. The Labute approximate surface area is 206 Å². The Hall–Kier alpha value is -3.09. The van der Waals surface area contributed by atoms with Crippen LogP contribution in [0.3, 0.4) is 0 Å². The zero-order valence-electron chi connectivity index (χ0n) is 18.9. The van der Waals surface area contributed by atoms with Crippen LogP contribution in [0.2, 0.25) is 0 Å². The Morgan fingerprint density at radius 2 is 1.83 bits per heavy atom. The molecule has 1 aliphatic heterocycles. The number of pyridine rings is 2. The van der Waals surface area contributed by atoms with Crippen LogP contribution in [-0.2, 0) is 28.9 Å². The van der Waals surface area contributed by atoms with Crippen LogP contribution in [-0.4, -0.2) is 36.8 Å². The van der Waals surface area contributed by atoms with Gasteiger partial charge in [-0.3, -0.25) is 14.8 Å². The summed E-state index contributed by atoms with van der Waals surface area (Å²) in [5.41, 5.74) is -0.705. The van der Waals surface area contributed by atoms with Gasteiger partial charge in [-0.1, -0.05) is 6.07 Å². The number of aromatic nitrogens is 2. The molecule has 1 N–H and O–H groups in total. The fourth-order valence-corrected chi connectivity index (χ4v) is 5.45. The lowest BCUT2D eigenvalue weighted by Gasteiger charge is -2.28. The monoisotopic (exact) mass is 524 g/mol. The van der Waals surface area contributed by atoms with Crippen LogP contribution in [0.5, 0.6) is 0 Å². The SMILES string of the molecule is CC1CCC(C(=O)NCc2cc(-c3ccc(C(F)(F)F)nc3)c(F)cn2)N1[S+]([O-])c1ccc(F)cc1. The zero-order chi connectivity index (χ0) is 26.0. The van der Waals surface area contributed by atoms with E-state index in [2.05, 4.69) is 15.3 Å². The van der Waals surface area contributed by atoms with Gasteiger partial charge >= 0.3 is 6.18 Å². The molecule has 1 aliphatic rings. The van der Waals surface area contributed by atoms with Gasteiger partial charge in [0.05, 0.1) is 35.8 Å². The Balaban J connectivity index is 1.46. The summed E-state index contributed by atoms with van der Waals surface area (Å²) in [7, 11) is 0. The normalized spacial score (nSPS) is 19.3. The van der Waals surface area contributed by atoms with Crippen molar-refractivity contribution in [3.8, 4) is 11.1 Å². The van der Waals surface area contributed by atoms with Gasteiger partial charge in [0.1, 0.15) is 23.4 Å². The maximum absolute atomic E-state index is 14.3. The number of nitrogens with zero attached hydrogens (tertiary/aromatic N) is 3. The van der Waals surface area contributed by atoms with E-state index in [1.165, 1.54) is 30.3 Å². The first-order chi connectivity index (χ1) is 17.0. The fourth-order valence-electron chi connectivity index (χ4n) is 3.98. The van der Waals surface area contributed by atoms with E-state index in [4.69, 9.17) is 0 Å². The molecule has 3 atom stereocenters. The number of nitrogens with one attached hydrogen (secondary N) is 1. The third-order valence-electron chi connectivity index (χ3n) is 5.83. The summed E-state index contributed by atoms with van der Waals surface area (Å²) in [6.07, 6.45) is -1.69. The van der Waals surface area contributed by atoms with Crippen LogP contribution in [0.25, 0.3) is 11.1 Å². The van der Waals surface area contributed by atoms with Gasteiger partial charge in [-0.2, -0.15) is 13.2 Å². The summed E-state index contributed by atoms with van der Waals surface area (Å²) in [5, 5.41) is 2.71. The Kier molecular flexibility index (Phi) is 7.57. The fraction of sp³-hybridized carbons (Fsp3) is 0.292. The van der Waals surface area contributed by atoms with Gasteiger partial charge in [0.15, 0.2) is 4.90 Å². The van der Waals surface area contributed by atoms with E-state index in [0.717, 1.165) is 24.5 Å². The van der Waals surface area contributed by atoms with Gasteiger partial charge in [-0.25, -0.2) is 8.78 Å². The maximum Gasteiger partial charge on any atom is 0.433 e. The second kappa shape index (κ2) is 10.5. The van der Waals surface area contributed by atoms with Crippen molar-refractivity contribution in [2.45, 2.75) is 49.5 Å². The maximum atomic E-state index is 14.3. The molecule has 2 aromatic heterocycles. The van der Waals surface area contributed by atoms with E-state index in [1.807, 2.05) is 6.92 Å². The van der Waals surface area contributed by atoms with Crippen LogP contribution in [0.15, 0.2) is 59.8 Å². The van der Waals surface area contributed by atoms with Gasteiger partial charge in [0.2, 0.25) is 5.91 Å². The highest BCUT2D eigenvalue weighted by Crippen LogP contribution is 2.32. The van der Waals surface area contributed by atoms with E-state index in [1.54, 1.807) is 4.31 Å². The van der Waals surface area contributed by atoms with Crippen molar-refractivity contribution in [3.05, 3.63) is 77.9 Å². The molecule has 6 nitrogen and oxygen atoms in total. The summed E-state index contributed by atoms with van der Waals surface area (Å²) in [6, 6.07) is 7.55. The van der Waals surface area contributed by atoms with Crippen LogP contribution >= 0.6 is 0 Å². The van der Waals surface area contributed by atoms with Crippen LogP contribution in [0, 0.1) is 11.6 Å². The van der Waals surface area contributed by atoms with Crippen molar-refractivity contribution < 1.29 is 31.3 Å². The lowest BCUT2D eigenvalue weighted by molar-refractivity contribution is -0.141. The quantitative estimate of drug-likeness (QED) is 0.376. The van der Waals surface area contributed by atoms with E-state index in [0.29, 0.717) is 17.7 Å². The number of hydrogen-bond donors (Lipinski definition) is 1. The predicted octanol–water partition coefficient (Wildman–Crippen LogP) is 4.63. The highest BCUT2D eigenvalue weighted by molar-refractivity contribution is 7.89. The van der Waals surface area contributed by atoms with E-state index >= 15 is 0 Å². The Bertz CT molecular complexity index is 1220. The van der Waals surface area contributed by atoms with Gasteiger partial charge in [0.25, 0.3) is 0 Å². The molecule has 1 fully saturated rings. The molecule has 1 aromatic carbocycles. The first kappa shape index (κ1) is 26.0. The van der Waals surface area contributed by atoms with Gasteiger partial charge in [-0.15, -0.1) is 4.31 Å². The molecule has 190 valence electrons. The molecular formula is C24H21F5N4O2S. The minimum Gasteiger partial charge on any atom is -0.593 e. The number of carbonyl (C=O) groups is 1. The number of alkyl halides is 3. The molecule has 0 aliphatic carbocycles. The molecule has 1 saturated heterocycles. The first-order valence-corrected chi connectivity index (χ1v) is 12.1. The number of rotatable bonds is 6. The van der Waals surface area contributed by atoms with Crippen LogP contribution < -0.4 is 5.32 Å². The molecule has 4 rings (SSSR count). The largest absolute Gasteiger partial charge is 0.593 e. The van der Waals surface area contributed by atoms with Crippen molar-refractivity contribution in [2.24, 2.45) is 0 Å². The molecule has 1 amide bonds. The summed E-state index contributed by atoms with van der Waals surface area (Å²) in [6.45, 7) is 1.77. The molecule has 0 spiro atoms. The standard InChI is InChI=1S/C24H21F5N4O2S/c1-14-2-8-21(33(14)36(35)18-6-4-16(25)5-7-18)23(34)32-12-17-10-19(20(26)13-30-17)15-3-9-22(31-11-15)24(27,28)29/h3-7,9-11,13-14,21H,2,8,12H2,1H3,(H,32,34). The second-order valence-electron chi connectivity index (χ2n) is 8.31. The molecule has 3 unspecified atom stereocenters. The van der Waals surface area contributed by atoms with Crippen molar-refractivity contribution >= 4 is 17.3 Å². The number of amides is 1. The number of benzene rings is 1. The summed E-state index contributed by atoms with van der Waals surface area (Å²) in [5.74, 6) is -1.62. The second-order valence-corrected chi connectivity index (χ2v) is 9.70. The average Bonchev–Trinajstić information content (AvgIpc) is 3.24. The molecular weight excluding hydrogens is 503 g/mol. The highest BCUT2D eigenvalue weighted by atomic mass is 32.2. The predicted molar refractivity (Wildman–Crippen MR) is 121 cm³/mol. The minimum atomic E-state index is -4.61.